The van der Waals surface area contributed by atoms with Crippen molar-refractivity contribution < 1.29 is 14.3 Å². The summed E-state index contributed by atoms with van der Waals surface area (Å²) >= 11 is 7.89. The van der Waals surface area contributed by atoms with E-state index in [1.54, 1.807) is 16.2 Å². The van der Waals surface area contributed by atoms with Crippen LogP contribution in [0.3, 0.4) is 0 Å². The molecule has 0 bridgehead atoms. The first kappa shape index (κ1) is 26.2. The van der Waals surface area contributed by atoms with Gasteiger partial charge < -0.3 is 14.5 Å². The Hall–Kier alpha value is -2.83. The summed E-state index contributed by atoms with van der Waals surface area (Å²) in [6.07, 6.45) is 1.89. The van der Waals surface area contributed by atoms with E-state index in [4.69, 9.17) is 16.3 Å². The van der Waals surface area contributed by atoms with Gasteiger partial charge in [0, 0.05) is 22.5 Å². The van der Waals surface area contributed by atoms with Crippen LogP contribution in [0.5, 0.6) is 5.75 Å². The van der Waals surface area contributed by atoms with E-state index in [0.29, 0.717) is 18.2 Å². The fourth-order valence-electron chi connectivity index (χ4n) is 4.58. The van der Waals surface area contributed by atoms with Crippen LogP contribution in [0, 0.1) is 6.92 Å². The Labute approximate surface area is 222 Å². The van der Waals surface area contributed by atoms with Crippen LogP contribution in [0.15, 0.2) is 60.0 Å². The minimum absolute atomic E-state index is 0.0263. The molecule has 0 saturated carbocycles. The van der Waals surface area contributed by atoms with Crippen LogP contribution in [-0.2, 0) is 22.4 Å². The molecule has 1 aliphatic rings. The number of hydrogen-bond donors (Lipinski definition) is 0. The molecule has 0 N–H and O–H groups in total. The molecule has 2 heterocycles. The normalized spacial score (nSPS) is 15.8. The highest BCUT2D eigenvalue weighted by molar-refractivity contribution is 7.10. The average Bonchev–Trinajstić information content (AvgIpc) is 3.37. The highest BCUT2D eigenvalue weighted by atomic mass is 35.5. The Morgan fingerprint density at radius 3 is 2.69 bits per heavy atom. The Balaban J connectivity index is 1.51. The van der Waals surface area contributed by atoms with Gasteiger partial charge in [-0.15, -0.1) is 11.3 Å². The van der Waals surface area contributed by atoms with Crippen LogP contribution in [-0.4, -0.2) is 47.4 Å². The minimum atomic E-state index is -0.202. The lowest BCUT2D eigenvalue weighted by Gasteiger charge is -2.38. The predicted molar refractivity (Wildman–Crippen MR) is 146 cm³/mol. The number of benzene rings is 2. The number of aryl methyl sites for hydroxylation is 1. The Morgan fingerprint density at radius 2 is 1.97 bits per heavy atom. The molecule has 4 rings (SSSR count). The van der Waals surface area contributed by atoms with Crippen LogP contribution in [0.2, 0.25) is 5.02 Å². The first-order chi connectivity index (χ1) is 17.4. The summed E-state index contributed by atoms with van der Waals surface area (Å²) in [5.74, 6) is 0.655. The lowest BCUT2D eigenvalue weighted by molar-refractivity contribution is -0.144. The van der Waals surface area contributed by atoms with Crippen molar-refractivity contribution in [2.45, 2.75) is 52.1 Å². The van der Waals surface area contributed by atoms with Crippen LogP contribution >= 0.6 is 22.9 Å². The maximum Gasteiger partial charge on any atom is 0.242 e. The largest absolute Gasteiger partial charge is 0.491 e. The molecule has 190 valence electrons. The van der Waals surface area contributed by atoms with Crippen molar-refractivity contribution >= 4 is 34.8 Å². The molecular formula is C29H33ClN2O3S. The Kier molecular flexibility index (Phi) is 8.70. The maximum absolute atomic E-state index is 13.7. The molecule has 1 aromatic heterocycles. The van der Waals surface area contributed by atoms with E-state index in [2.05, 4.69) is 11.4 Å². The summed E-state index contributed by atoms with van der Waals surface area (Å²) in [7, 11) is 0. The number of hydrogen-bond acceptors (Lipinski definition) is 4. The standard InChI is InChI=1S/C29H33ClN2O3S/c1-4-21(3)32(28(33)17-22-8-6-5-7-9-22)18-29(34)31-14-12-27-24(13-15-36-27)26(31)19-35-23-10-11-25(30)20(2)16-23/h5-11,13,15-16,21,26H,4,12,14,17-19H2,1-3H3. The van der Waals surface area contributed by atoms with E-state index in [9.17, 15) is 9.59 Å². The number of nitrogens with zero attached hydrogens (tertiary/aromatic N) is 2. The molecule has 3 aromatic rings. The molecule has 0 radical (unpaired) electrons. The molecule has 36 heavy (non-hydrogen) atoms. The van der Waals surface area contributed by atoms with Crippen molar-refractivity contribution in [1.82, 2.24) is 9.80 Å². The zero-order valence-electron chi connectivity index (χ0n) is 21.1. The van der Waals surface area contributed by atoms with Crippen LogP contribution in [0.4, 0.5) is 0 Å². The molecule has 0 aliphatic carbocycles. The quantitative estimate of drug-likeness (QED) is 0.340. The Bertz CT molecular complexity index is 1200. The van der Waals surface area contributed by atoms with Gasteiger partial charge in [0.1, 0.15) is 18.9 Å². The van der Waals surface area contributed by atoms with E-state index >= 15 is 0 Å². The highest BCUT2D eigenvalue weighted by Crippen LogP contribution is 2.34. The van der Waals surface area contributed by atoms with Gasteiger partial charge in [0.2, 0.25) is 11.8 Å². The zero-order chi connectivity index (χ0) is 25.7. The van der Waals surface area contributed by atoms with Crippen LogP contribution in [0.1, 0.15) is 47.9 Å². The summed E-state index contributed by atoms with van der Waals surface area (Å²) < 4.78 is 6.16. The fourth-order valence-corrected chi connectivity index (χ4v) is 5.62. The van der Waals surface area contributed by atoms with Gasteiger partial charge >= 0.3 is 0 Å². The van der Waals surface area contributed by atoms with Gasteiger partial charge in [-0.05, 0) is 73.0 Å². The van der Waals surface area contributed by atoms with E-state index < -0.39 is 0 Å². The van der Waals surface area contributed by atoms with Crippen LogP contribution in [0.25, 0.3) is 0 Å². The molecule has 0 spiro atoms. The molecule has 0 fully saturated rings. The minimum Gasteiger partial charge on any atom is -0.491 e. The first-order valence-electron chi connectivity index (χ1n) is 12.5. The lowest BCUT2D eigenvalue weighted by Crippen LogP contribution is -2.50. The number of carbonyl (C=O) groups excluding carboxylic acids is 2. The number of thiophene rings is 1. The van der Waals surface area contributed by atoms with Gasteiger partial charge in [0.05, 0.1) is 12.5 Å². The van der Waals surface area contributed by atoms with Gasteiger partial charge in [0.25, 0.3) is 0 Å². The summed E-state index contributed by atoms with van der Waals surface area (Å²) in [6.45, 7) is 7.02. The zero-order valence-corrected chi connectivity index (χ0v) is 22.6. The van der Waals surface area contributed by atoms with Crippen molar-refractivity contribution in [2.24, 2.45) is 0 Å². The number of fused-ring (bicyclic) bond motifs is 1. The van der Waals surface area contributed by atoms with Crippen molar-refractivity contribution in [2.75, 3.05) is 19.7 Å². The topological polar surface area (TPSA) is 49.9 Å². The fraction of sp³-hybridized carbons (Fsp3) is 0.379. The van der Waals surface area contributed by atoms with E-state index in [0.717, 1.165) is 35.3 Å². The molecule has 7 heteroatoms. The lowest BCUT2D eigenvalue weighted by atomic mass is 10.00. The third-order valence-electron chi connectivity index (χ3n) is 6.90. The van der Waals surface area contributed by atoms with Gasteiger partial charge in [-0.2, -0.15) is 0 Å². The third-order valence-corrected chi connectivity index (χ3v) is 8.32. The van der Waals surface area contributed by atoms with Crippen molar-refractivity contribution in [1.29, 1.82) is 0 Å². The molecule has 2 atom stereocenters. The second-order valence-electron chi connectivity index (χ2n) is 9.32. The maximum atomic E-state index is 13.7. The third kappa shape index (κ3) is 6.11. The molecule has 5 nitrogen and oxygen atoms in total. The number of rotatable bonds is 9. The summed E-state index contributed by atoms with van der Waals surface area (Å²) in [4.78, 5) is 31.9. The molecule has 2 unspecified atom stereocenters. The second kappa shape index (κ2) is 11.9. The molecule has 2 amide bonds. The number of ether oxygens (including phenoxy) is 1. The van der Waals surface area contributed by atoms with Gasteiger partial charge in [-0.3, -0.25) is 9.59 Å². The SMILES string of the molecule is CCC(C)N(CC(=O)N1CCc2sccc2C1COc1ccc(Cl)c(C)c1)C(=O)Cc1ccccc1. The van der Waals surface area contributed by atoms with E-state index in [-0.39, 0.29) is 36.9 Å². The predicted octanol–water partition coefficient (Wildman–Crippen LogP) is 6.08. The molecular weight excluding hydrogens is 492 g/mol. The second-order valence-corrected chi connectivity index (χ2v) is 10.7. The van der Waals surface area contributed by atoms with E-state index in [1.165, 1.54) is 4.88 Å². The summed E-state index contributed by atoms with van der Waals surface area (Å²) in [5.41, 5.74) is 3.03. The Morgan fingerprint density at radius 1 is 1.19 bits per heavy atom. The number of halogens is 1. The van der Waals surface area contributed by atoms with Crippen LogP contribution < -0.4 is 4.74 Å². The van der Waals surface area contributed by atoms with Gasteiger partial charge in [-0.25, -0.2) is 0 Å². The summed E-state index contributed by atoms with van der Waals surface area (Å²) in [6, 6.07) is 17.1. The van der Waals surface area contributed by atoms with Gasteiger partial charge in [0.15, 0.2) is 0 Å². The summed E-state index contributed by atoms with van der Waals surface area (Å²) in [5, 5.41) is 2.77. The molecule has 0 saturated heterocycles. The van der Waals surface area contributed by atoms with Crippen molar-refractivity contribution in [3.05, 3.63) is 86.6 Å². The molecule has 1 aliphatic heterocycles. The number of carbonyl (C=O) groups is 2. The smallest absolute Gasteiger partial charge is 0.242 e. The van der Waals surface area contributed by atoms with Gasteiger partial charge in [-0.1, -0.05) is 48.9 Å². The number of amides is 2. The first-order valence-corrected chi connectivity index (χ1v) is 13.7. The van der Waals surface area contributed by atoms with Crippen molar-refractivity contribution in [3.63, 3.8) is 0 Å². The highest BCUT2D eigenvalue weighted by Gasteiger charge is 2.34. The van der Waals surface area contributed by atoms with Crippen molar-refractivity contribution in [3.8, 4) is 5.75 Å². The van der Waals surface area contributed by atoms with E-state index in [1.807, 2.05) is 74.2 Å². The monoisotopic (exact) mass is 524 g/mol. The average molecular weight is 525 g/mol. The molecule has 2 aromatic carbocycles.